The molecule has 126 valence electrons. The van der Waals surface area contributed by atoms with Crippen LogP contribution in [0.15, 0.2) is 21.7 Å². The lowest BCUT2D eigenvalue weighted by Gasteiger charge is -2.04. The molecule has 0 spiro atoms. The van der Waals surface area contributed by atoms with E-state index in [1.54, 1.807) is 24.9 Å². The SMILES string of the molecule is Cc1oc2ncn(C)c(=O)c2c1C(=O)Nc1nn(C(C)C)cc1Cl. The summed E-state index contributed by atoms with van der Waals surface area (Å²) >= 11 is 6.11. The highest BCUT2D eigenvalue weighted by Crippen LogP contribution is 2.25. The first-order chi connectivity index (χ1) is 11.3. The van der Waals surface area contributed by atoms with E-state index in [2.05, 4.69) is 15.4 Å². The van der Waals surface area contributed by atoms with Crippen molar-refractivity contribution in [3.8, 4) is 0 Å². The van der Waals surface area contributed by atoms with Crippen molar-refractivity contribution < 1.29 is 9.21 Å². The van der Waals surface area contributed by atoms with Gasteiger partial charge in [-0.3, -0.25) is 14.3 Å². The number of carbonyl (C=O) groups excluding carboxylic acids is 1. The molecule has 8 nitrogen and oxygen atoms in total. The molecule has 3 heterocycles. The van der Waals surface area contributed by atoms with Gasteiger partial charge in [-0.25, -0.2) is 4.98 Å². The first-order valence-electron chi connectivity index (χ1n) is 7.30. The summed E-state index contributed by atoms with van der Waals surface area (Å²) in [5, 5.41) is 7.31. The van der Waals surface area contributed by atoms with E-state index in [0.29, 0.717) is 10.8 Å². The Morgan fingerprint density at radius 1 is 1.42 bits per heavy atom. The molecule has 0 radical (unpaired) electrons. The second kappa shape index (κ2) is 5.79. The minimum atomic E-state index is -0.521. The molecule has 3 aromatic rings. The van der Waals surface area contributed by atoms with Gasteiger partial charge in [0, 0.05) is 19.3 Å². The smallest absolute Gasteiger partial charge is 0.265 e. The van der Waals surface area contributed by atoms with Crippen LogP contribution < -0.4 is 10.9 Å². The summed E-state index contributed by atoms with van der Waals surface area (Å²) in [5.41, 5.74) is -0.103. The maximum atomic E-state index is 12.6. The van der Waals surface area contributed by atoms with E-state index >= 15 is 0 Å². The molecular weight excluding hydrogens is 334 g/mol. The number of carbonyl (C=O) groups is 1. The Morgan fingerprint density at radius 3 is 2.75 bits per heavy atom. The summed E-state index contributed by atoms with van der Waals surface area (Å²) < 4.78 is 8.35. The Morgan fingerprint density at radius 2 is 2.12 bits per heavy atom. The zero-order valence-electron chi connectivity index (χ0n) is 13.6. The van der Waals surface area contributed by atoms with Crippen molar-refractivity contribution >= 4 is 34.4 Å². The molecule has 0 saturated carbocycles. The van der Waals surface area contributed by atoms with Gasteiger partial charge in [-0.05, 0) is 20.8 Å². The van der Waals surface area contributed by atoms with Gasteiger partial charge in [0.1, 0.15) is 22.5 Å². The van der Waals surface area contributed by atoms with Gasteiger partial charge >= 0.3 is 0 Å². The van der Waals surface area contributed by atoms with Crippen LogP contribution in [0.4, 0.5) is 5.82 Å². The van der Waals surface area contributed by atoms with Crippen molar-refractivity contribution in [1.29, 1.82) is 0 Å². The molecule has 0 saturated heterocycles. The standard InChI is InChI=1S/C15H16ClN5O3/c1-7(2)21-5-9(16)12(19-21)18-13(22)10-8(3)24-14-11(10)15(23)20(4)6-17-14/h5-7H,1-4H3,(H,18,19,22). The lowest BCUT2D eigenvalue weighted by molar-refractivity contribution is 0.102. The van der Waals surface area contributed by atoms with E-state index in [4.69, 9.17) is 16.0 Å². The molecule has 0 aliphatic carbocycles. The average Bonchev–Trinajstić information content (AvgIpc) is 3.04. The minimum absolute atomic E-state index is 0.0983. The second-order valence-electron chi connectivity index (χ2n) is 5.73. The number of fused-ring (bicyclic) bond motifs is 1. The van der Waals surface area contributed by atoms with Gasteiger partial charge in [-0.15, -0.1) is 0 Å². The third-order valence-corrected chi connectivity index (χ3v) is 3.90. The predicted molar refractivity (Wildman–Crippen MR) is 89.6 cm³/mol. The van der Waals surface area contributed by atoms with Crippen LogP contribution in [0.2, 0.25) is 5.02 Å². The number of amides is 1. The van der Waals surface area contributed by atoms with Crippen molar-refractivity contribution in [1.82, 2.24) is 19.3 Å². The molecule has 24 heavy (non-hydrogen) atoms. The zero-order valence-corrected chi connectivity index (χ0v) is 14.4. The maximum Gasteiger partial charge on any atom is 0.265 e. The van der Waals surface area contributed by atoms with E-state index in [9.17, 15) is 9.59 Å². The minimum Gasteiger partial charge on any atom is -0.442 e. The van der Waals surface area contributed by atoms with Gasteiger partial charge in [0.2, 0.25) is 5.71 Å². The number of halogens is 1. The quantitative estimate of drug-likeness (QED) is 0.784. The molecule has 0 aliphatic rings. The van der Waals surface area contributed by atoms with Gasteiger partial charge in [-0.2, -0.15) is 5.10 Å². The van der Waals surface area contributed by atoms with E-state index in [1.807, 2.05) is 13.8 Å². The zero-order chi connectivity index (χ0) is 17.6. The number of nitrogens with one attached hydrogen (secondary N) is 1. The highest BCUT2D eigenvalue weighted by molar-refractivity contribution is 6.33. The second-order valence-corrected chi connectivity index (χ2v) is 6.13. The van der Waals surface area contributed by atoms with Gasteiger partial charge in [0.15, 0.2) is 5.82 Å². The predicted octanol–water partition coefficient (Wildman–Crippen LogP) is 2.52. The molecule has 0 fully saturated rings. The monoisotopic (exact) mass is 349 g/mol. The van der Waals surface area contributed by atoms with Gasteiger partial charge < -0.3 is 14.3 Å². The molecule has 0 aromatic carbocycles. The van der Waals surface area contributed by atoms with Crippen LogP contribution in [-0.2, 0) is 7.05 Å². The lowest BCUT2D eigenvalue weighted by Crippen LogP contribution is -2.21. The third kappa shape index (κ3) is 2.58. The Hall–Kier alpha value is -2.61. The molecule has 0 bridgehead atoms. The van der Waals surface area contributed by atoms with Crippen molar-refractivity contribution in [3.05, 3.63) is 39.2 Å². The number of aryl methyl sites for hydroxylation is 2. The average molecular weight is 350 g/mol. The summed E-state index contributed by atoms with van der Waals surface area (Å²) in [6.45, 7) is 5.49. The highest BCUT2D eigenvalue weighted by atomic mass is 35.5. The molecule has 1 N–H and O–H groups in total. The van der Waals surface area contributed by atoms with Crippen molar-refractivity contribution in [2.75, 3.05) is 5.32 Å². The molecule has 1 amide bonds. The van der Waals surface area contributed by atoms with E-state index in [0.717, 1.165) is 0 Å². The number of aromatic nitrogens is 4. The lowest BCUT2D eigenvalue weighted by atomic mass is 10.2. The van der Waals surface area contributed by atoms with Crippen LogP contribution >= 0.6 is 11.6 Å². The summed E-state index contributed by atoms with van der Waals surface area (Å²) in [4.78, 5) is 29.0. The molecule has 0 aliphatic heterocycles. The number of furan rings is 1. The number of rotatable bonds is 3. The summed E-state index contributed by atoms with van der Waals surface area (Å²) in [5.74, 6) is 0.00908. The number of anilines is 1. The summed E-state index contributed by atoms with van der Waals surface area (Å²) in [6, 6.07) is 0.0983. The Bertz CT molecular complexity index is 999. The molecule has 0 unspecified atom stereocenters. The van der Waals surface area contributed by atoms with E-state index in [1.165, 1.54) is 10.9 Å². The fourth-order valence-corrected chi connectivity index (χ4v) is 2.53. The highest BCUT2D eigenvalue weighted by Gasteiger charge is 2.24. The first-order valence-corrected chi connectivity index (χ1v) is 7.68. The van der Waals surface area contributed by atoms with E-state index < -0.39 is 5.91 Å². The van der Waals surface area contributed by atoms with Gasteiger partial charge in [0.05, 0.1) is 5.56 Å². The summed E-state index contributed by atoms with van der Waals surface area (Å²) in [6.07, 6.45) is 2.97. The fraction of sp³-hybridized carbons (Fsp3) is 0.333. The number of hydrogen-bond acceptors (Lipinski definition) is 5. The molecular formula is C15H16ClN5O3. The van der Waals surface area contributed by atoms with Crippen LogP contribution in [-0.4, -0.2) is 25.2 Å². The largest absolute Gasteiger partial charge is 0.442 e. The molecule has 0 atom stereocenters. The Balaban J connectivity index is 2.05. The van der Waals surface area contributed by atoms with Crippen LogP contribution in [0.1, 0.15) is 36.0 Å². The topological polar surface area (TPSA) is 94.9 Å². The van der Waals surface area contributed by atoms with Crippen LogP contribution in [0, 0.1) is 6.92 Å². The Kier molecular flexibility index (Phi) is 3.92. The van der Waals surface area contributed by atoms with Crippen LogP contribution in [0.25, 0.3) is 11.1 Å². The maximum absolute atomic E-state index is 12.6. The van der Waals surface area contributed by atoms with Crippen LogP contribution in [0.3, 0.4) is 0 Å². The molecule has 9 heteroatoms. The molecule has 3 rings (SSSR count). The van der Waals surface area contributed by atoms with Crippen molar-refractivity contribution in [3.63, 3.8) is 0 Å². The molecule has 3 aromatic heterocycles. The van der Waals surface area contributed by atoms with Gasteiger partial charge in [-0.1, -0.05) is 11.6 Å². The van der Waals surface area contributed by atoms with Crippen molar-refractivity contribution in [2.24, 2.45) is 7.05 Å². The number of nitrogens with zero attached hydrogens (tertiary/aromatic N) is 4. The first kappa shape index (κ1) is 16.3. The van der Waals surface area contributed by atoms with Gasteiger partial charge in [0.25, 0.3) is 11.5 Å². The third-order valence-electron chi connectivity index (χ3n) is 3.62. The summed E-state index contributed by atoms with van der Waals surface area (Å²) in [7, 11) is 1.56. The van der Waals surface area contributed by atoms with E-state index in [-0.39, 0.29) is 34.1 Å². The van der Waals surface area contributed by atoms with Crippen molar-refractivity contribution in [2.45, 2.75) is 26.8 Å². The van der Waals surface area contributed by atoms with Crippen LogP contribution in [0.5, 0.6) is 0 Å². The fourth-order valence-electron chi connectivity index (χ4n) is 2.35. The Labute approximate surface area is 142 Å². The normalized spacial score (nSPS) is 11.4. The number of hydrogen-bond donors (Lipinski definition) is 1.